The summed E-state index contributed by atoms with van der Waals surface area (Å²) >= 11 is 0. The second-order valence-corrected chi connectivity index (χ2v) is 6.82. The monoisotopic (exact) mass is 380 g/mol. The van der Waals surface area contributed by atoms with E-state index in [0.29, 0.717) is 23.1 Å². The fourth-order valence-electron chi connectivity index (χ4n) is 3.21. The van der Waals surface area contributed by atoms with Gasteiger partial charge in [-0.1, -0.05) is 6.08 Å². The highest BCUT2D eigenvalue weighted by atomic mass is 16.3. The molecule has 6 nitrogen and oxygen atoms in total. The Hall–Kier alpha value is -3.41. The number of nitrogens with zero attached hydrogens (tertiary/aromatic N) is 1. The van der Waals surface area contributed by atoms with Crippen LogP contribution in [0.25, 0.3) is 6.08 Å². The van der Waals surface area contributed by atoms with Gasteiger partial charge in [0.05, 0.1) is 11.3 Å². The van der Waals surface area contributed by atoms with Crippen LogP contribution in [0.5, 0.6) is 5.75 Å². The van der Waals surface area contributed by atoms with Gasteiger partial charge in [-0.25, -0.2) is 0 Å². The van der Waals surface area contributed by atoms with Crippen LogP contribution >= 0.6 is 0 Å². The Morgan fingerprint density at radius 3 is 2.18 bits per heavy atom. The molecule has 146 valence electrons. The zero-order valence-electron chi connectivity index (χ0n) is 16.4. The largest absolute Gasteiger partial charge is 0.507 e. The van der Waals surface area contributed by atoms with Crippen LogP contribution < -0.4 is 10.6 Å². The number of rotatable bonds is 7. The van der Waals surface area contributed by atoms with Gasteiger partial charge in [0, 0.05) is 26.1 Å². The Labute approximate surface area is 164 Å². The predicted molar refractivity (Wildman–Crippen MR) is 110 cm³/mol. The number of hydrogen-bond acceptors (Lipinski definition) is 5. The number of phenols is 1. The van der Waals surface area contributed by atoms with Gasteiger partial charge in [0.25, 0.3) is 5.91 Å². The molecule has 1 amide bonds. The molecule has 0 unspecified atom stereocenters. The average Bonchev–Trinajstić information content (AvgIpc) is 2.63. The van der Waals surface area contributed by atoms with Gasteiger partial charge >= 0.3 is 0 Å². The van der Waals surface area contributed by atoms with E-state index in [2.05, 4.69) is 0 Å². The van der Waals surface area contributed by atoms with E-state index in [4.69, 9.17) is 5.73 Å². The van der Waals surface area contributed by atoms with E-state index in [-0.39, 0.29) is 23.5 Å². The Morgan fingerprint density at radius 2 is 1.68 bits per heavy atom. The highest BCUT2D eigenvalue weighted by Crippen LogP contribution is 2.29. The summed E-state index contributed by atoms with van der Waals surface area (Å²) in [5.74, 6) is -0.686. The van der Waals surface area contributed by atoms with Crippen LogP contribution in [0.4, 0.5) is 5.69 Å². The third-order valence-electron chi connectivity index (χ3n) is 4.49. The second-order valence-electron chi connectivity index (χ2n) is 6.82. The topological polar surface area (TPSA) is 101 Å². The van der Waals surface area contributed by atoms with E-state index in [0.717, 1.165) is 16.7 Å². The maximum Gasteiger partial charge on any atom is 0.250 e. The molecular formula is C22H24N2O4. The fraction of sp³-hybridized carbons (Fsp3) is 0.227. The molecule has 0 heterocycles. The Balaban J connectivity index is 2.51. The zero-order chi connectivity index (χ0) is 21.0. The first kappa shape index (κ1) is 20.9. The third-order valence-corrected chi connectivity index (χ3v) is 4.49. The maximum absolute atomic E-state index is 12.8. The lowest BCUT2D eigenvalue weighted by Gasteiger charge is -2.21. The van der Waals surface area contributed by atoms with Gasteiger partial charge in [-0.2, -0.15) is 0 Å². The fourth-order valence-corrected chi connectivity index (χ4v) is 3.21. The highest BCUT2D eigenvalue weighted by molar-refractivity contribution is 6.11. The average molecular weight is 380 g/mol. The van der Waals surface area contributed by atoms with Crippen molar-refractivity contribution in [2.75, 3.05) is 19.0 Å². The van der Waals surface area contributed by atoms with E-state index in [1.165, 1.54) is 18.2 Å². The van der Waals surface area contributed by atoms with Gasteiger partial charge in [-0.05, 0) is 66.4 Å². The number of benzene rings is 2. The van der Waals surface area contributed by atoms with Gasteiger partial charge in [-0.15, -0.1) is 0 Å². The van der Waals surface area contributed by atoms with Crippen LogP contribution in [-0.4, -0.2) is 37.2 Å². The first-order chi connectivity index (χ1) is 13.2. The quantitative estimate of drug-likeness (QED) is 0.437. The van der Waals surface area contributed by atoms with Gasteiger partial charge < -0.3 is 20.5 Å². The van der Waals surface area contributed by atoms with Crippen LogP contribution in [0.2, 0.25) is 0 Å². The SMILES string of the molecule is Cc1cc(C=CC(=O)c2ccc(C(N)=O)c(N(C)C)c2CC=O)cc(C)c1O. The van der Waals surface area contributed by atoms with Crippen LogP contribution in [0.15, 0.2) is 30.3 Å². The summed E-state index contributed by atoms with van der Waals surface area (Å²) < 4.78 is 0. The molecule has 0 radical (unpaired) electrons. The highest BCUT2D eigenvalue weighted by Gasteiger charge is 2.20. The molecule has 0 saturated carbocycles. The smallest absolute Gasteiger partial charge is 0.250 e. The lowest BCUT2D eigenvalue weighted by atomic mass is 9.94. The summed E-state index contributed by atoms with van der Waals surface area (Å²) in [7, 11) is 3.45. The number of aryl methyl sites for hydroxylation is 2. The summed E-state index contributed by atoms with van der Waals surface area (Å²) in [6.07, 6.45) is 3.75. The van der Waals surface area contributed by atoms with Crippen LogP contribution in [0, 0.1) is 13.8 Å². The Morgan fingerprint density at radius 1 is 1.11 bits per heavy atom. The number of anilines is 1. The van der Waals surface area contributed by atoms with E-state index in [9.17, 15) is 19.5 Å². The number of nitrogens with two attached hydrogens (primary N) is 1. The number of aldehydes is 1. The molecule has 0 aliphatic heterocycles. The molecule has 6 heteroatoms. The number of hydrogen-bond donors (Lipinski definition) is 2. The Kier molecular flexibility index (Phi) is 6.36. The summed E-state index contributed by atoms with van der Waals surface area (Å²) in [6.45, 7) is 3.57. The van der Waals surface area contributed by atoms with E-state index in [1.807, 2.05) is 0 Å². The molecule has 0 atom stereocenters. The van der Waals surface area contributed by atoms with Gasteiger partial charge in [0.1, 0.15) is 12.0 Å². The summed E-state index contributed by atoms with van der Waals surface area (Å²) in [6, 6.07) is 6.58. The summed E-state index contributed by atoms with van der Waals surface area (Å²) in [5.41, 5.74) is 9.18. The van der Waals surface area contributed by atoms with E-state index < -0.39 is 5.91 Å². The number of phenolic OH excluding ortho intramolecular Hbond substituents is 1. The molecule has 0 spiro atoms. The minimum absolute atomic E-state index is 0.0129. The van der Waals surface area contributed by atoms with Crippen molar-refractivity contribution in [3.63, 3.8) is 0 Å². The van der Waals surface area contributed by atoms with Gasteiger partial charge in [0.2, 0.25) is 0 Å². The van der Waals surface area contributed by atoms with Crippen molar-refractivity contribution in [3.05, 3.63) is 63.7 Å². The molecule has 0 aliphatic rings. The molecular weight excluding hydrogens is 356 g/mol. The first-order valence-corrected chi connectivity index (χ1v) is 8.76. The van der Waals surface area contributed by atoms with Crippen molar-refractivity contribution < 1.29 is 19.5 Å². The predicted octanol–water partition coefficient (Wildman–Crippen LogP) is 2.81. The number of allylic oxidation sites excluding steroid dienone is 1. The van der Waals surface area contributed by atoms with Gasteiger partial charge in [-0.3, -0.25) is 9.59 Å². The number of aromatic hydroxyl groups is 1. The minimum Gasteiger partial charge on any atom is -0.507 e. The standard InChI is InChI=1S/C22H24N2O4/c1-13-11-15(12-14(2)21(13)27)5-8-19(26)16-6-7-18(22(23)28)20(24(3)4)17(16)9-10-25/h5-8,10-12,27H,9H2,1-4H3,(H2,23,28). The molecule has 0 saturated heterocycles. The van der Waals surface area contributed by atoms with Crippen molar-refractivity contribution >= 4 is 29.7 Å². The van der Waals surface area contributed by atoms with Gasteiger partial charge in [0.15, 0.2) is 5.78 Å². The third kappa shape index (κ3) is 4.28. The van der Waals surface area contributed by atoms with Crippen LogP contribution in [-0.2, 0) is 11.2 Å². The number of carbonyl (C=O) groups is 3. The zero-order valence-corrected chi connectivity index (χ0v) is 16.4. The maximum atomic E-state index is 12.8. The van der Waals surface area contributed by atoms with Crippen molar-refractivity contribution in [1.29, 1.82) is 0 Å². The number of primary amides is 1. The van der Waals surface area contributed by atoms with E-state index in [1.54, 1.807) is 51.1 Å². The minimum atomic E-state index is -0.625. The lowest BCUT2D eigenvalue weighted by Crippen LogP contribution is -2.22. The normalized spacial score (nSPS) is 10.9. The molecule has 2 aromatic carbocycles. The number of carbonyl (C=O) groups excluding carboxylic acids is 3. The first-order valence-electron chi connectivity index (χ1n) is 8.76. The summed E-state index contributed by atoms with van der Waals surface area (Å²) in [4.78, 5) is 37.4. The number of ketones is 1. The van der Waals surface area contributed by atoms with Crippen molar-refractivity contribution in [2.45, 2.75) is 20.3 Å². The molecule has 3 N–H and O–H groups in total. The Bertz CT molecular complexity index is 952. The molecule has 2 rings (SSSR count). The summed E-state index contributed by atoms with van der Waals surface area (Å²) in [5, 5.41) is 9.87. The number of amides is 1. The van der Waals surface area contributed by atoms with Crippen LogP contribution in [0.1, 0.15) is 43.0 Å². The molecule has 0 bridgehead atoms. The van der Waals surface area contributed by atoms with Crippen molar-refractivity contribution in [2.24, 2.45) is 5.73 Å². The van der Waals surface area contributed by atoms with Crippen molar-refractivity contribution in [3.8, 4) is 5.75 Å². The van der Waals surface area contributed by atoms with Crippen LogP contribution in [0.3, 0.4) is 0 Å². The lowest BCUT2D eigenvalue weighted by molar-refractivity contribution is -0.107. The molecule has 0 aromatic heterocycles. The second kappa shape index (κ2) is 8.52. The van der Waals surface area contributed by atoms with E-state index >= 15 is 0 Å². The molecule has 0 aliphatic carbocycles. The van der Waals surface area contributed by atoms with Crippen molar-refractivity contribution in [1.82, 2.24) is 0 Å². The molecule has 28 heavy (non-hydrogen) atoms. The molecule has 0 fully saturated rings. The molecule has 2 aromatic rings.